The van der Waals surface area contributed by atoms with E-state index in [0.29, 0.717) is 25.1 Å². The number of alkyl halides is 2. The Labute approximate surface area is 173 Å². The monoisotopic (exact) mass is 422 g/mol. The van der Waals surface area contributed by atoms with Crippen molar-refractivity contribution >= 4 is 18.1 Å². The van der Waals surface area contributed by atoms with Crippen molar-refractivity contribution in [3.8, 4) is 16.9 Å². The fraction of sp³-hybridized carbons (Fsp3) is 0.381. The summed E-state index contributed by atoms with van der Waals surface area (Å²) in [5.41, 5.74) is 9.21. The molecule has 1 aliphatic rings. The molecule has 3 rings (SSSR count). The van der Waals surface area contributed by atoms with Gasteiger partial charge in [-0.25, -0.2) is 13.6 Å². The Morgan fingerprint density at radius 1 is 1.24 bits per heavy atom. The lowest BCUT2D eigenvalue weighted by atomic mass is 9.96. The van der Waals surface area contributed by atoms with E-state index >= 15 is 0 Å². The second-order valence-electron chi connectivity index (χ2n) is 6.87. The fourth-order valence-electron chi connectivity index (χ4n) is 3.54. The van der Waals surface area contributed by atoms with Crippen LogP contribution in [0.1, 0.15) is 12.0 Å². The number of likely N-dealkylation sites (tertiary alicyclic amines) is 1. The van der Waals surface area contributed by atoms with Gasteiger partial charge in [-0.3, -0.25) is 0 Å². The van der Waals surface area contributed by atoms with Crippen LogP contribution < -0.4 is 9.92 Å². The van der Waals surface area contributed by atoms with Crippen LogP contribution in [0.3, 0.4) is 0 Å². The van der Waals surface area contributed by atoms with Gasteiger partial charge in [0.05, 0.1) is 18.1 Å². The number of nitrogens with two attached hydrogens (primary N) is 1. The number of amides is 1. The quantitative estimate of drug-likeness (QED) is 0.672. The van der Waals surface area contributed by atoms with E-state index in [4.69, 9.17) is 14.7 Å². The van der Waals surface area contributed by atoms with Crippen LogP contribution in [0.4, 0.5) is 13.6 Å². The van der Waals surface area contributed by atoms with Crippen molar-refractivity contribution in [3.63, 3.8) is 0 Å². The standard InChI is InChI=1S/C21H24F2N2O3S/c1-29-28-17-10-14(9-16(12-17)15-5-3-2-4-6-15)11-19-18(24)7-8-25(19)21(26)27-13-20(22)23/h2-6,9-10,12,18-20H,7-8,11,13,24H2,1H3. The van der Waals surface area contributed by atoms with Gasteiger partial charge in [-0.2, -0.15) is 0 Å². The molecule has 8 heteroatoms. The summed E-state index contributed by atoms with van der Waals surface area (Å²) in [4.78, 5) is 13.7. The molecule has 1 heterocycles. The van der Waals surface area contributed by atoms with E-state index in [9.17, 15) is 13.6 Å². The molecule has 0 aliphatic carbocycles. The van der Waals surface area contributed by atoms with Crippen molar-refractivity contribution in [2.24, 2.45) is 5.73 Å². The Balaban J connectivity index is 1.83. The third kappa shape index (κ3) is 5.61. The predicted molar refractivity (Wildman–Crippen MR) is 110 cm³/mol. The van der Waals surface area contributed by atoms with Crippen molar-refractivity contribution in [1.29, 1.82) is 0 Å². The lowest BCUT2D eigenvalue weighted by Gasteiger charge is -2.26. The molecular weight excluding hydrogens is 398 g/mol. The molecule has 2 unspecified atom stereocenters. The van der Waals surface area contributed by atoms with E-state index in [-0.39, 0.29) is 12.1 Å². The maximum Gasteiger partial charge on any atom is 0.410 e. The van der Waals surface area contributed by atoms with E-state index in [2.05, 4.69) is 0 Å². The molecule has 5 nitrogen and oxygen atoms in total. The second kappa shape index (κ2) is 9.93. The highest BCUT2D eigenvalue weighted by molar-refractivity contribution is 7.94. The molecule has 156 valence electrons. The highest BCUT2D eigenvalue weighted by Gasteiger charge is 2.36. The fourth-order valence-corrected chi connectivity index (χ4v) is 3.83. The summed E-state index contributed by atoms with van der Waals surface area (Å²) in [5.74, 6) is 0.701. The Hall–Kier alpha value is -2.32. The number of ether oxygens (including phenoxy) is 1. The maximum absolute atomic E-state index is 12.4. The van der Waals surface area contributed by atoms with Gasteiger partial charge >= 0.3 is 6.09 Å². The van der Waals surface area contributed by atoms with Crippen molar-refractivity contribution in [2.45, 2.75) is 31.4 Å². The van der Waals surface area contributed by atoms with Crippen molar-refractivity contribution in [1.82, 2.24) is 4.90 Å². The highest BCUT2D eigenvalue weighted by Crippen LogP contribution is 2.30. The summed E-state index contributed by atoms with van der Waals surface area (Å²) in [6, 6.07) is 15.2. The molecule has 2 aromatic carbocycles. The molecule has 0 aromatic heterocycles. The molecule has 29 heavy (non-hydrogen) atoms. The first-order chi connectivity index (χ1) is 14.0. The molecule has 1 amide bonds. The summed E-state index contributed by atoms with van der Waals surface area (Å²) >= 11 is 1.25. The average molecular weight is 422 g/mol. The summed E-state index contributed by atoms with van der Waals surface area (Å²) in [6.45, 7) is -0.521. The van der Waals surface area contributed by atoms with Gasteiger partial charge in [0.15, 0.2) is 6.61 Å². The van der Waals surface area contributed by atoms with Gasteiger partial charge in [0, 0.05) is 18.8 Å². The van der Waals surface area contributed by atoms with E-state index < -0.39 is 19.1 Å². The zero-order valence-electron chi connectivity index (χ0n) is 16.1. The SMILES string of the molecule is CSOc1cc(CC2C(N)CCN2C(=O)OCC(F)F)cc(-c2ccccc2)c1. The van der Waals surface area contributed by atoms with Crippen LogP contribution in [0.2, 0.25) is 0 Å². The van der Waals surface area contributed by atoms with Gasteiger partial charge < -0.3 is 19.6 Å². The highest BCUT2D eigenvalue weighted by atomic mass is 32.2. The van der Waals surface area contributed by atoms with Gasteiger partial charge in [-0.15, -0.1) is 0 Å². The number of benzene rings is 2. The number of halogens is 2. The van der Waals surface area contributed by atoms with E-state index in [1.807, 2.05) is 54.8 Å². The van der Waals surface area contributed by atoms with Crippen molar-refractivity contribution in [3.05, 3.63) is 54.1 Å². The Morgan fingerprint density at radius 2 is 2.00 bits per heavy atom. The average Bonchev–Trinajstić information content (AvgIpc) is 3.07. The first-order valence-electron chi connectivity index (χ1n) is 9.35. The minimum Gasteiger partial charge on any atom is -0.443 e. The number of carbonyl (C=O) groups is 1. The lowest BCUT2D eigenvalue weighted by Crippen LogP contribution is -2.44. The van der Waals surface area contributed by atoms with Crippen LogP contribution in [0.15, 0.2) is 48.5 Å². The van der Waals surface area contributed by atoms with Crippen LogP contribution in [-0.4, -0.2) is 48.9 Å². The molecule has 2 aromatic rings. The Kier molecular flexibility index (Phi) is 7.33. The van der Waals surface area contributed by atoms with Crippen LogP contribution in [-0.2, 0) is 11.2 Å². The predicted octanol–water partition coefficient (Wildman–Crippen LogP) is 4.36. The Morgan fingerprint density at radius 3 is 2.69 bits per heavy atom. The van der Waals surface area contributed by atoms with Gasteiger partial charge in [-0.05, 0) is 41.7 Å². The number of carbonyl (C=O) groups excluding carboxylic acids is 1. The smallest absolute Gasteiger partial charge is 0.410 e. The van der Waals surface area contributed by atoms with Crippen LogP contribution in [0.25, 0.3) is 11.1 Å². The number of hydrogen-bond acceptors (Lipinski definition) is 5. The van der Waals surface area contributed by atoms with Gasteiger partial charge in [0.1, 0.15) is 5.75 Å². The molecule has 2 N–H and O–H groups in total. The first kappa shape index (κ1) is 21.4. The minimum atomic E-state index is -2.69. The molecule has 1 fully saturated rings. The minimum absolute atomic E-state index is 0.251. The number of rotatable bonds is 7. The maximum atomic E-state index is 12.4. The third-order valence-corrected chi connectivity index (χ3v) is 5.22. The number of nitrogens with zero attached hydrogens (tertiary/aromatic N) is 1. The molecule has 1 aliphatic heterocycles. The Bertz CT molecular complexity index is 823. The molecule has 0 spiro atoms. The normalized spacial score (nSPS) is 18.9. The topological polar surface area (TPSA) is 64.8 Å². The largest absolute Gasteiger partial charge is 0.443 e. The van der Waals surface area contributed by atoms with E-state index in [0.717, 1.165) is 16.7 Å². The van der Waals surface area contributed by atoms with E-state index in [1.54, 1.807) is 0 Å². The van der Waals surface area contributed by atoms with Gasteiger partial charge in [0.25, 0.3) is 6.43 Å². The summed E-state index contributed by atoms with van der Waals surface area (Å²) in [7, 11) is 0. The van der Waals surface area contributed by atoms with Crippen molar-refractivity contribution in [2.75, 3.05) is 19.4 Å². The summed E-state index contributed by atoms with van der Waals surface area (Å²) in [5, 5.41) is 0. The van der Waals surface area contributed by atoms with E-state index in [1.165, 1.54) is 16.9 Å². The first-order valence-corrected chi connectivity index (χ1v) is 10.5. The summed E-state index contributed by atoms with van der Waals surface area (Å²) in [6.07, 6.45) is -0.523. The molecule has 1 saturated heterocycles. The third-order valence-electron chi connectivity index (χ3n) is 4.86. The molecule has 0 bridgehead atoms. The summed E-state index contributed by atoms with van der Waals surface area (Å²) < 4.78 is 35.1. The lowest BCUT2D eigenvalue weighted by molar-refractivity contribution is 0.0297. The van der Waals surface area contributed by atoms with Crippen molar-refractivity contribution < 1.29 is 22.5 Å². The molecule has 2 atom stereocenters. The van der Waals surface area contributed by atoms with Gasteiger partial charge in [0.2, 0.25) is 0 Å². The van der Waals surface area contributed by atoms with Crippen LogP contribution >= 0.6 is 12.0 Å². The van der Waals surface area contributed by atoms with Gasteiger partial charge in [-0.1, -0.05) is 36.4 Å². The number of hydrogen-bond donors (Lipinski definition) is 1. The van der Waals surface area contributed by atoms with Crippen LogP contribution in [0.5, 0.6) is 5.75 Å². The molecule has 0 saturated carbocycles. The second-order valence-corrected chi connectivity index (χ2v) is 7.37. The molecule has 0 radical (unpaired) electrons. The zero-order valence-corrected chi connectivity index (χ0v) is 16.9. The van der Waals surface area contributed by atoms with Crippen LogP contribution in [0, 0.1) is 0 Å². The molecular formula is C21H24F2N2O3S. The zero-order chi connectivity index (χ0) is 20.8.